The smallest absolute Gasteiger partial charge is 0.247 e. The number of carbonyl (C=O) groups is 3. The van der Waals surface area contributed by atoms with Crippen LogP contribution in [0, 0.1) is 18.7 Å². The van der Waals surface area contributed by atoms with Crippen LogP contribution in [-0.4, -0.2) is 41.0 Å². The number of piperidine rings is 1. The number of amides is 3. The second kappa shape index (κ2) is 8.47. The Balaban J connectivity index is 1.42. The molecule has 2 unspecified atom stereocenters. The lowest BCUT2D eigenvalue weighted by Crippen LogP contribution is -2.50. The Hall–Kier alpha value is -2.87. The first-order valence-corrected chi connectivity index (χ1v) is 10.7. The van der Waals surface area contributed by atoms with E-state index in [-0.39, 0.29) is 30.1 Å². The molecule has 2 aromatic rings. The molecule has 156 valence electrons. The fourth-order valence-electron chi connectivity index (χ4n) is 3.69. The summed E-state index contributed by atoms with van der Waals surface area (Å²) in [4.78, 5) is 40.6. The van der Waals surface area contributed by atoms with Crippen molar-refractivity contribution < 1.29 is 18.8 Å². The third-order valence-corrected chi connectivity index (χ3v) is 6.66. The molecule has 6 nitrogen and oxygen atoms in total. The van der Waals surface area contributed by atoms with E-state index in [1.54, 1.807) is 30.0 Å². The molecule has 2 N–H and O–H groups in total. The normalized spacial score (nSPS) is 20.9. The third-order valence-electron chi connectivity index (χ3n) is 5.40. The van der Waals surface area contributed by atoms with Crippen LogP contribution in [0.4, 0.5) is 15.8 Å². The molecule has 2 aliphatic heterocycles. The predicted octanol–water partition coefficient (Wildman–Crippen LogP) is 3.42. The van der Waals surface area contributed by atoms with Crippen molar-refractivity contribution in [2.45, 2.75) is 29.9 Å². The van der Waals surface area contributed by atoms with Gasteiger partial charge in [0, 0.05) is 23.7 Å². The van der Waals surface area contributed by atoms with Crippen LogP contribution in [0.5, 0.6) is 0 Å². The zero-order valence-electron chi connectivity index (χ0n) is 16.5. The van der Waals surface area contributed by atoms with Crippen LogP contribution in [0.15, 0.2) is 47.4 Å². The van der Waals surface area contributed by atoms with E-state index in [1.807, 2.05) is 18.2 Å². The van der Waals surface area contributed by atoms with Gasteiger partial charge in [0.2, 0.25) is 17.7 Å². The van der Waals surface area contributed by atoms with Gasteiger partial charge < -0.3 is 15.5 Å². The Morgan fingerprint density at radius 3 is 2.83 bits per heavy atom. The van der Waals surface area contributed by atoms with Crippen LogP contribution in [0.25, 0.3) is 0 Å². The standard InChI is InChI=1S/C22H22FN3O3S/c1-13-8-9-15(11-16(13)23)24-20(27)14-5-4-10-26(12-14)22(29)19-21(28)25-17-6-2-3-7-18(17)30-19/h2-3,6-9,11,14,19H,4-5,10,12H2,1H3,(H,24,27)(H,25,28). The number of hydrogen-bond acceptors (Lipinski definition) is 4. The highest BCUT2D eigenvalue weighted by Gasteiger charge is 2.38. The van der Waals surface area contributed by atoms with Crippen LogP contribution in [-0.2, 0) is 14.4 Å². The molecule has 2 atom stereocenters. The first-order chi connectivity index (χ1) is 14.4. The second-order valence-electron chi connectivity index (χ2n) is 7.56. The van der Waals surface area contributed by atoms with Crippen molar-refractivity contribution in [2.75, 3.05) is 23.7 Å². The van der Waals surface area contributed by atoms with Crippen molar-refractivity contribution in [2.24, 2.45) is 5.92 Å². The van der Waals surface area contributed by atoms with Gasteiger partial charge in [-0.1, -0.05) is 18.2 Å². The van der Waals surface area contributed by atoms with E-state index in [0.717, 1.165) is 4.90 Å². The lowest BCUT2D eigenvalue weighted by molar-refractivity contribution is -0.136. The quantitative estimate of drug-likeness (QED) is 0.736. The molecule has 0 bridgehead atoms. The molecule has 1 saturated heterocycles. The van der Waals surface area contributed by atoms with Gasteiger partial charge in [0.15, 0.2) is 5.25 Å². The SMILES string of the molecule is Cc1ccc(NC(=O)C2CCCN(C(=O)C3Sc4ccccc4NC3=O)C2)cc1F. The number of benzene rings is 2. The van der Waals surface area contributed by atoms with Gasteiger partial charge >= 0.3 is 0 Å². The summed E-state index contributed by atoms with van der Waals surface area (Å²) in [6.07, 6.45) is 1.30. The number of anilines is 2. The highest BCUT2D eigenvalue weighted by molar-refractivity contribution is 8.01. The Bertz CT molecular complexity index is 1010. The molecule has 2 aliphatic rings. The van der Waals surface area contributed by atoms with E-state index in [2.05, 4.69) is 10.6 Å². The summed E-state index contributed by atoms with van der Waals surface area (Å²) in [6, 6.07) is 11.9. The minimum atomic E-state index is -0.868. The van der Waals surface area contributed by atoms with E-state index >= 15 is 0 Å². The first kappa shape index (κ1) is 20.4. The van der Waals surface area contributed by atoms with Crippen molar-refractivity contribution in [3.8, 4) is 0 Å². The Morgan fingerprint density at radius 1 is 1.23 bits per heavy atom. The molecular weight excluding hydrogens is 405 g/mol. The number of hydrogen-bond donors (Lipinski definition) is 2. The van der Waals surface area contributed by atoms with Crippen molar-refractivity contribution in [1.82, 2.24) is 4.90 Å². The molecule has 0 aliphatic carbocycles. The molecule has 0 radical (unpaired) electrons. The monoisotopic (exact) mass is 427 g/mol. The Morgan fingerprint density at radius 2 is 2.03 bits per heavy atom. The van der Waals surface area contributed by atoms with Crippen molar-refractivity contribution in [3.63, 3.8) is 0 Å². The fourth-order valence-corrected chi connectivity index (χ4v) is 4.76. The Kier molecular flexibility index (Phi) is 5.76. The summed E-state index contributed by atoms with van der Waals surface area (Å²) >= 11 is 1.24. The Labute approximate surface area is 178 Å². The van der Waals surface area contributed by atoms with E-state index in [9.17, 15) is 18.8 Å². The van der Waals surface area contributed by atoms with Gasteiger partial charge in [0.1, 0.15) is 5.82 Å². The lowest BCUT2D eigenvalue weighted by atomic mass is 9.96. The predicted molar refractivity (Wildman–Crippen MR) is 114 cm³/mol. The molecular formula is C22H22FN3O3S. The number of para-hydroxylation sites is 1. The topological polar surface area (TPSA) is 78.5 Å². The lowest BCUT2D eigenvalue weighted by Gasteiger charge is -2.35. The van der Waals surface area contributed by atoms with E-state index < -0.39 is 11.2 Å². The maximum Gasteiger partial charge on any atom is 0.247 e. The molecule has 2 aromatic carbocycles. The van der Waals surface area contributed by atoms with Gasteiger partial charge in [-0.05, 0) is 49.6 Å². The minimum absolute atomic E-state index is 0.241. The van der Waals surface area contributed by atoms with Crippen molar-refractivity contribution >= 4 is 40.9 Å². The number of nitrogens with one attached hydrogen (secondary N) is 2. The molecule has 4 rings (SSSR count). The average molecular weight is 428 g/mol. The van der Waals surface area contributed by atoms with Gasteiger partial charge in [-0.15, -0.1) is 11.8 Å². The van der Waals surface area contributed by atoms with Crippen molar-refractivity contribution in [3.05, 3.63) is 53.8 Å². The van der Waals surface area contributed by atoms with E-state index in [4.69, 9.17) is 0 Å². The van der Waals surface area contributed by atoms with Crippen molar-refractivity contribution in [1.29, 1.82) is 0 Å². The number of rotatable bonds is 3. The molecule has 30 heavy (non-hydrogen) atoms. The maximum absolute atomic E-state index is 13.7. The molecule has 2 heterocycles. The highest BCUT2D eigenvalue weighted by atomic mass is 32.2. The zero-order valence-corrected chi connectivity index (χ0v) is 17.3. The zero-order chi connectivity index (χ0) is 21.3. The summed E-state index contributed by atoms with van der Waals surface area (Å²) in [5.41, 5.74) is 1.61. The van der Waals surface area contributed by atoms with Crippen LogP contribution in [0.1, 0.15) is 18.4 Å². The van der Waals surface area contributed by atoms with Gasteiger partial charge in [0.05, 0.1) is 11.6 Å². The highest BCUT2D eigenvalue weighted by Crippen LogP contribution is 2.36. The molecule has 0 aromatic heterocycles. The summed E-state index contributed by atoms with van der Waals surface area (Å²) in [5.74, 6) is -1.66. The number of likely N-dealkylation sites (tertiary alicyclic amines) is 1. The van der Waals surface area contributed by atoms with E-state index in [0.29, 0.717) is 36.3 Å². The van der Waals surface area contributed by atoms with Gasteiger partial charge in [-0.2, -0.15) is 0 Å². The van der Waals surface area contributed by atoms with E-state index in [1.165, 1.54) is 17.8 Å². The number of nitrogens with zero attached hydrogens (tertiary/aromatic N) is 1. The summed E-state index contributed by atoms with van der Waals surface area (Å²) in [7, 11) is 0. The number of aryl methyl sites for hydroxylation is 1. The van der Waals surface area contributed by atoms with Crippen LogP contribution < -0.4 is 10.6 Å². The van der Waals surface area contributed by atoms with Gasteiger partial charge in [-0.3, -0.25) is 14.4 Å². The molecule has 0 spiro atoms. The third kappa shape index (κ3) is 4.18. The van der Waals surface area contributed by atoms with Gasteiger partial charge in [-0.25, -0.2) is 4.39 Å². The molecule has 1 fully saturated rings. The van der Waals surface area contributed by atoms with Crippen LogP contribution in [0.2, 0.25) is 0 Å². The second-order valence-corrected chi connectivity index (χ2v) is 8.71. The molecule has 3 amide bonds. The minimum Gasteiger partial charge on any atom is -0.340 e. The number of carbonyl (C=O) groups excluding carboxylic acids is 3. The largest absolute Gasteiger partial charge is 0.340 e. The summed E-state index contributed by atoms with van der Waals surface area (Å²) < 4.78 is 13.7. The number of thioether (sulfide) groups is 1. The van der Waals surface area contributed by atoms with Crippen LogP contribution >= 0.6 is 11.8 Å². The summed E-state index contributed by atoms with van der Waals surface area (Å²) in [5, 5.41) is 4.66. The first-order valence-electron chi connectivity index (χ1n) is 9.85. The van der Waals surface area contributed by atoms with Gasteiger partial charge in [0.25, 0.3) is 0 Å². The average Bonchev–Trinajstić information content (AvgIpc) is 2.75. The fraction of sp³-hybridized carbons (Fsp3) is 0.318. The maximum atomic E-state index is 13.7. The van der Waals surface area contributed by atoms with Crippen LogP contribution in [0.3, 0.4) is 0 Å². The number of halogens is 1. The summed E-state index contributed by atoms with van der Waals surface area (Å²) in [6.45, 7) is 2.40. The number of fused-ring (bicyclic) bond motifs is 1. The molecule has 0 saturated carbocycles. The molecule has 8 heteroatoms.